The number of amides is 1. The number of ether oxygens (including phenoxy) is 2. The highest BCUT2D eigenvalue weighted by molar-refractivity contribution is 5.73. The highest BCUT2D eigenvalue weighted by Gasteiger charge is 2.38. The Morgan fingerprint density at radius 3 is 1.84 bits per heavy atom. The molecular formula is C19H36N2O4. The quantitative estimate of drug-likeness (QED) is 0.709. The monoisotopic (exact) mass is 356 g/mol. The molecule has 1 amide bonds. The van der Waals surface area contributed by atoms with Gasteiger partial charge < -0.3 is 14.4 Å². The van der Waals surface area contributed by atoms with E-state index in [9.17, 15) is 9.59 Å². The van der Waals surface area contributed by atoms with Crippen LogP contribution in [0.3, 0.4) is 0 Å². The zero-order valence-corrected chi connectivity index (χ0v) is 17.4. The molecule has 146 valence electrons. The zero-order valence-electron chi connectivity index (χ0n) is 17.4. The third-order valence-corrected chi connectivity index (χ3v) is 3.88. The topological polar surface area (TPSA) is 59.1 Å². The van der Waals surface area contributed by atoms with Gasteiger partial charge in [-0.2, -0.15) is 0 Å². The minimum absolute atomic E-state index is 0.0216. The fourth-order valence-electron chi connectivity index (χ4n) is 2.78. The number of hydrogen-bond donors (Lipinski definition) is 0. The first kappa shape index (κ1) is 21.7. The lowest BCUT2D eigenvalue weighted by Gasteiger charge is -2.46. The molecule has 0 aliphatic carbocycles. The van der Waals surface area contributed by atoms with Crippen LogP contribution in [-0.2, 0) is 14.3 Å². The van der Waals surface area contributed by atoms with E-state index >= 15 is 0 Å². The Kier molecular flexibility index (Phi) is 6.54. The summed E-state index contributed by atoms with van der Waals surface area (Å²) in [6.45, 7) is 19.4. The molecule has 0 aromatic heterocycles. The van der Waals surface area contributed by atoms with Crippen molar-refractivity contribution in [2.24, 2.45) is 0 Å². The van der Waals surface area contributed by atoms with Crippen LogP contribution in [0, 0.1) is 0 Å². The molecule has 1 heterocycles. The van der Waals surface area contributed by atoms with Crippen LogP contribution in [0.1, 0.15) is 68.7 Å². The van der Waals surface area contributed by atoms with E-state index in [0.717, 1.165) is 6.54 Å². The Morgan fingerprint density at radius 1 is 0.880 bits per heavy atom. The Hall–Kier alpha value is -1.30. The van der Waals surface area contributed by atoms with E-state index in [1.54, 1.807) is 4.90 Å². The predicted octanol–water partition coefficient (Wildman–Crippen LogP) is 3.44. The van der Waals surface area contributed by atoms with Crippen molar-refractivity contribution in [2.45, 2.75) is 91.5 Å². The number of hydrogen-bond acceptors (Lipinski definition) is 5. The Labute approximate surface area is 152 Å². The Morgan fingerprint density at radius 2 is 1.40 bits per heavy atom. The van der Waals surface area contributed by atoms with Crippen LogP contribution in [-0.4, -0.2) is 64.3 Å². The van der Waals surface area contributed by atoms with Crippen LogP contribution in [0.15, 0.2) is 0 Å². The minimum atomic E-state index is -0.561. The minimum Gasteiger partial charge on any atom is -0.460 e. The first-order valence-electron chi connectivity index (χ1n) is 9.05. The van der Waals surface area contributed by atoms with Crippen molar-refractivity contribution in [3.63, 3.8) is 0 Å². The largest absolute Gasteiger partial charge is 0.460 e. The summed E-state index contributed by atoms with van der Waals surface area (Å²) < 4.78 is 11.0. The van der Waals surface area contributed by atoms with Crippen LogP contribution in [0.4, 0.5) is 4.79 Å². The molecule has 25 heavy (non-hydrogen) atoms. The first-order valence-corrected chi connectivity index (χ1v) is 9.05. The maximum Gasteiger partial charge on any atom is 0.410 e. The van der Waals surface area contributed by atoms with Crippen molar-refractivity contribution >= 4 is 12.1 Å². The first-order chi connectivity index (χ1) is 11.1. The third-order valence-electron chi connectivity index (χ3n) is 3.88. The molecule has 0 saturated carbocycles. The summed E-state index contributed by atoms with van der Waals surface area (Å²) in [4.78, 5) is 28.9. The van der Waals surface area contributed by atoms with Gasteiger partial charge in [0.2, 0.25) is 0 Å². The van der Waals surface area contributed by atoms with Crippen molar-refractivity contribution in [1.29, 1.82) is 0 Å². The molecule has 1 aliphatic rings. The molecule has 1 atom stereocenters. The maximum atomic E-state index is 12.6. The second-order valence-corrected chi connectivity index (χ2v) is 9.73. The molecule has 6 nitrogen and oxygen atoms in total. The molecule has 1 rings (SSSR count). The summed E-state index contributed by atoms with van der Waals surface area (Å²) in [5, 5.41) is 0. The summed E-state index contributed by atoms with van der Waals surface area (Å²) in [7, 11) is 0. The third kappa shape index (κ3) is 7.63. The van der Waals surface area contributed by atoms with Gasteiger partial charge in [-0.3, -0.25) is 9.69 Å². The van der Waals surface area contributed by atoms with Gasteiger partial charge in [-0.15, -0.1) is 0 Å². The molecule has 1 saturated heterocycles. The number of rotatable bonds is 2. The van der Waals surface area contributed by atoms with Crippen molar-refractivity contribution in [3.8, 4) is 0 Å². The van der Waals surface area contributed by atoms with Gasteiger partial charge in [0.1, 0.15) is 11.2 Å². The predicted molar refractivity (Wildman–Crippen MR) is 98.5 cm³/mol. The molecule has 0 aromatic carbocycles. The summed E-state index contributed by atoms with van der Waals surface area (Å²) in [5.74, 6) is -0.290. The van der Waals surface area contributed by atoms with Crippen molar-refractivity contribution in [3.05, 3.63) is 0 Å². The molecule has 0 N–H and O–H groups in total. The van der Waals surface area contributed by atoms with Gasteiger partial charge in [0, 0.05) is 25.2 Å². The second-order valence-electron chi connectivity index (χ2n) is 9.73. The molecule has 6 heteroatoms. The lowest BCUT2D eigenvalue weighted by atomic mass is 10.0. The van der Waals surface area contributed by atoms with Crippen LogP contribution in [0.25, 0.3) is 0 Å². The fourth-order valence-corrected chi connectivity index (χ4v) is 2.78. The number of carbonyl (C=O) groups excluding carboxylic acids is 2. The second kappa shape index (κ2) is 7.52. The van der Waals surface area contributed by atoms with Crippen molar-refractivity contribution < 1.29 is 19.1 Å². The highest BCUT2D eigenvalue weighted by atomic mass is 16.6. The fraction of sp³-hybridized carbons (Fsp3) is 0.895. The standard InChI is InChI=1S/C19H36N2O4/c1-17(2,3)20-10-11-21(16(23)25-19(7,8)9)14(13-20)12-15(22)24-18(4,5)6/h14H,10-13H2,1-9H3/t14-/m0/s1. The van der Waals surface area contributed by atoms with Crippen LogP contribution < -0.4 is 0 Å². The van der Waals surface area contributed by atoms with Gasteiger partial charge in [-0.25, -0.2) is 4.79 Å². The SMILES string of the molecule is CC(C)(C)OC(=O)C[C@H]1CN(C(C)(C)C)CCN1C(=O)OC(C)(C)C. The highest BCUT2D eigenvalue weighted by Crippen LogP contribution is 2.24. The molecule has 0 unspecified atom stereocenters. The van der Waals surface area contributed by atoms with Gasteiger partial charge in [0.05, 0.1) is 12.5 Å². The average Bonchev–Trinajstić information content (AvgIpc) is 2.32. The van der Waals surface area contributed by atoms with E-state index in [-0.39, 0.29) is 30.1 Å². The Bertz CT molecular complexity index is 483. The van der Waals surface area contributed by atoms with Crippen LogP contribution in [0.5, 0.6) is 0 Å². The lowest BCUT2D eigenvalue weighted by molar-refractivity contribution is -0.157. The summed E-state index contributed by atoms with van der Waals surface area (Å²) in [6, 6.07) is -0.252. The maximum absolute atomic E-state index is 12.6. The van der Waals surface area contributed by atoms with Crippen LogP contribution in [0.2, 0.25) is 0 Å². The Balaban J connectivity index is 2.90. The normalized spacial score (nSPS) is 20.4. The van der Waals surface area contributed by atoms with E-state index in [1.165, 1.54) is 0 Å². The van der Waals surface area contributed by atoms with Crippen molar-refractivity contribution in [2.75, 3.05) is 19.6 Å². The van der Waals surface area contributed by atoms with Gasteiger partial charge in [-0.05, 0) is 62.3 Å². The molecule has 0 bridgehead atoms. The average molecular weight is 357 g/mol. The van der Waals surface area contributed by atoms with Gasteiger partial charge in [-0.1, -0.05) is 0 Å². The number of carbonyl (C=O) groups is 2. The van der Waals surface area contributed by atoms with Gasteiger partial charge in [0.15, 0.2) is 0 Å². The van der Waals surface area contributed by atoms with E-state index < -0.39 is 11.2 Å². The van der Waals surface area contributed by atoms with E-state index in [0.29, 0.717) is 13.1 Å². The summed E-state index contributed by atoms with van der Waals surface area (Å²) in [6.07, 6.45) is -0.196. The van der Waals surface area contributed by atoms with E-state index in [2.05, 4.69) is 25.7 Å². The summed E-state index contributed by atoms with van der Waals surface area (Å²) >= 11 is 0. The molecule has 0 spiro atoms. The van der Waals surface area contributed by atoms with Crippen LogP contribution >= 0.6 is 0 Å². The lowest BCUT2D eigenvalue weighted by Crippen LogP contribution is -2.60. The number of piperazine rings is 1. The molecule has 1 aliphatic heterocycles. The zero-order chi connectivity index (χ0) is 19.6. The van der Waals surface area contributed by atoms with Gasteiger partial charge >= 0.3 is 12.1 Å². The van der Waals surface area contributed by atoms with E-state index in [1.807, 2.05) is 41.5 Å². The molecule has 1 fully saturated rings. The van der Waals surface area contributed by atoms with E-state index in [4.69, 9.17) is 9.47 Å². The number of nitrogens with zero attached hydrogens (tertiary/aromatic N) is 2. The molecule has 0 aromatic rings. The smallest absolute Gasteiger partial charge is 0.410 e. The number of esters is 1. The summed E-state index contributed by atoms with van der Waals surface area (Å²) in [5.41, 5.74) is -1.12. The molecular weight excluding hydrogens is 320 g/mol. The van der Waals surface area contributed by atoms with Crippen molar-refractivity contribution in [1.82, 2.24) is 9.80 Å². The van der Waals surface area contributed by atoms with Gasteiger partial charge in [0.25, 0.3) is 0 Å². The molecule has 0 radical (unpaired) electrons.